The second-order valence-electron chi connectivity index (χ2n) is 2.92. The number of rotatable bonds is 3. The molecule has 0 aliphatic heterocycles. The van der Waals surface area contributed by atoms with Gasteiger partial charge in [0.15, 0.2) is 0 Å². The third kappa shape index (κ3) is 4.35. The quantitative estimate of drug-likeness (QED) is 0.662. The second kappa shape index (κ2) is 6.79. The first-order chi connectivity index (χ1) is 8.15. The monoisotopic (exact) mass is 259 g/mol. The fraction of sp³-hybridized carbons (Fsp3) is 0.429. The van der Waals surface area contributed by atoms with Gasteiger partial charge in [-0.05, 0) is 6.42 Å². The van der Waals surface area contributed by atoms with E-state index in [1.54, 1.807) is 11.0 Å². The summed E-state index contributed by atoms with van der Waals surface area (Å²) < 4.78 is 10.5. The van der Waals surface area contributed by atoms with Crippen LogP contribution in [0.1, 0.15) is 25.2 Å². The van der Waals surface area contributed by atoms with Gasteiger partial charge in [0.25, 0.3) is 0 Å². The van der Waals surface area contributed by atoms with Gasteiger partial charge in [-0.2, -0.15) is 10.2 Å². The third-order valence-corrected chi connectivity index (χ3v) is 1.89. The Bertz CT molecular complexity index is 392. The van der Waals surface area contributed by atoms with Gasteiger partial charge in [0.1, 0.15) is 30.8 Å². The van der Waals surface area contributed by atoms with E-state index in [1.165, 1.54) is 12.7 Å². The number of nitrogens with zero attached hydrogens (tertiary/aromatic N) is 5. The van der Waals surface area contributed by atoms with Gasteiger partial charge in [0.2, 0.25) is 0 Å². The zero-order chi connectivity index (χ0) is 12.7. The van der Waals surface area contributed by atoms with Crippen LogP contribution in [-0.2, 0) is 4.57 Å². The summed E-state index contributed by atoms with van der Waals surface area (Å²) in [5, 5.41) is 10.7. The van der Waals surface area contributed by atoms with Crippen LogP contribution in [0.3, 0.4) is 0 Å². The first kappa shape index (κ1) is 13.4. The fourth-order valence-corrected chi connectivity index (χ4v) is 1.26. The van der Waals surface area contributed by atoms with Crippen molar-refractivity contribution in [2.75, 3.05) is 0 Å². The lowest BCUT2D eigenvalue weighted by Gasteiger charge is -2.10. The summed E-state index contributed by atoms with van der Waals surface area (Å²) in [6.07, 6.45) is 5.59. The van der Waals surface area contributed by atoms with E-state index in [-0.39, 0.29) is 6.04 Å². The molecule has 0 aliphatic carbocycles. The maximum Gasteiger partial charge on any atom is 0.692 e. The third-order valence-electron chi connectivity index (χ3n) is 1.89. The van der Waals surface area contributed by atoms with E-state index < -0.39 is 8.25 Å². The summed E-state index contributed by atoms with van der Waals surface area (Å²) in [6.45, 7) is 2.06. The molecule has 0 saturated carbocycles. The fourth-order valence-electron chi connectivity index (χ4n) is 1.26. The van der Waals surface area contributed by atoms with Crippen molar-refractivity contribution < 1.29 is 14.4 Å². The summed E-state index contributed by atoms with van der Waals surface area (Å²) >= 11 is 0. The summed E-state index contributed by atoms with van der Waals surface area (Å²) in [4.78, 5) is 22.2. The van der Waals surface area contributed by atoms with E-state index >= 15 is 0 Å². The lowest BCUT2D eigenvalue weighted by molar-refractivity contribution is 0.405. The highest BCUT2D eigenvalue weighted by atomic mass is 31.1. The predicted molar refractivity (Wildman–Crippen MR) is 56.9 cm³/mol. The molecule has 1 unspecified atom stereocenters. The Balaban J connectivity index is 0.000000317. The highest BCUT2D eigenvalue weighted by Gasteiger charge is 2.14. The Hall–Kier alpha value is -1.70. The standard InChI is InChI=1S/C7H10N6.HO3P/c1-2-6(7-9-4-10-12-7)13-5-8-3-11-13;1-4(2)3/h3-6H,2H2,1H3,(H,9,10,12);(H-,1,2,3)/p+1. The minimum Gasteiger partial charge on any atom is -0.262 e. The minimum absolute atomic E-state index is 0.102. The smallest absolute Gasteiger partial charge is 0.262 e. The minimum atomic E-state index is -2.87. The molecule has 2 aromatic heterocycles. The van der Waals surface area contributed by atoms with Crippen molar-refractivity contribution in [3.63, 3.8) is 0 Å². The Labute approximate surface area is 97.5 Å². The van der Waals surface area contributed by atoms with Crippen LogP contribution >= 0.6 is 8.25 Å². The summed E-state index contributed by atoms with van der Waals surface area (Å²) in [5.74, 6) is 0.813. The predicted octanol–water partition coefficient (Wildman–Crippen LogP) is 0.0240. The van der Waals surface area contributed by atoms with Crippen LogP contribution in [0.25, 0.3) is 0 Å². The Kier molecular flexibility index (Phi) is 5.34. The van der Waals surface area contributed by atoms with Gasteiger partial charge in [-0.15, -0.1) is 9.79 Å². The highest BCUT2D eigenvalue weighted by molar-refractivity contribution is 7.30. The van der Waals surface area contributed by atoms with Crippen molar-refractivity contribution >= 4 is 8.25 Å². The average Bonchev–Trinajstić information content (AvgIpc) is 2.89. The van der Waals surface area contributed by atoms with Gasteiger partial charge in [0.05, 0.1) is 0 Å². The zero-order valence-electron chi connectivity index (χ0n) is 9.00. The topological polar surface area (TPSA) is 130 Å². The second-order valence-corrected chi connectivity index (χ2v) is 3.43. The van der Waals surface area contributed by atoms with Gasteiger partial charge in [-0.3, -0.25) is 5.10 Å². The van der Waals surface area contributed by atoms with E-state index in [2.05, 4.69) is 32.2 Å². The Morgan fingerprint density at radius 2 is 2.24 bits per heavy atom. The normalized spacial score (nSPS) is 11.5. The SMILES string of the molecule is CCC(c1ncn[nH]1)n1cncn1.O=[P+](O)O. The Morgan fingerprint density at radius 3 is 2.65 bits per heavy atom. The van der Waals surface area contributed by atoms with Crippen molar-refractivity contribution in [2.45, 2.75) is 19.4 Å². The summed E-state index contributed by atoms with van der Waals surface area (Å²) in [6, 6.07) is 0.102. The van der Waals surface area contributed by atoms with Gasteiger partial charge >= 0.3 is 8.25 Å². The molecule has 10 heteroatoms. The average molecular weight is 259 g/mol. The summed E-state index contributed by atoms with van der Waals surface area (Å²) in [7, 11) is -2.87. The molecule has 92 valence electrons. The van der Waals surface area contributed by atoms with Crippen LogP contribution in [0, 0.1) is 0 Å². The molecule has 0 aromatic carbocycles. The lowest BCUT2D eigenvalue weighted by atomic mass is 10.2. The largest absolute Gasteiger partial charge is 0.692 e. The van der Waals surface area contributed by atoms with Crippen LogP contribution in [-0.4, -0.2) is 39.7 Å². The molecule has 2 rings (SSSR count). The zero-order valence-corrected chi connectivity index (χ0v) is 9.90. The molecule has 0 amide bonds. The van der Waals surface area contributed by atoms with E-state index in [9.17, 15) is 0 Å². The molecule has 2 aromatic rings. The molecule has 17 heavy (non-hydrogen) atoms. The molecular formula is C7H12N6O3P+. The maximum atomic E-state index is 8.70. The first-order valence-corrected chi connectivity index (χ1v) is 5.86. The highest BCUT2D eigenvalue weighted by Crippen LogP contribution is 2.14. The van der Waals surface area contributed by atoms with E-state index in [0.29, 0.717) is 0 Å². The molecule has 0 spiro atoms. The van der Waals surface area contributed by atoms with Crippen molar-refractivity contribution in [2.24, 2.45) is 0 Å². The van der Waals surface area contributed by atoms with Gasteiger partial charge in [0, 0.05) is 4.57 Å². The molecule has 0 saturated heterocycles. The molecule has 3 N–H and O–H groups in total. The van der Waals surface area contributed by atoms with Gasteiger partial charge in [-0.1, -0.05) is 6.92 Å². The summed E-state index contributed by atoms with van der Waals surface area (Å²) in [5.41, 5.74) is 0. The number of aromatic nitrogens is 6. The van der Waals surface area contributed by atoms with Crippen LogP contribution in [0.15, 0.2) is 19.0 Å². The molecule has 9 nitrogen and oxygen atoms in total. The van der Waals surface area contributed by atoms with Crippen LogP contribution in [0.4, 0.5) is 0 Å². The van der Waals surface area contributed by atoms with Crippen LogP contribution in [0.5, 0.6) is 0 Å². The maximum absolute atomic E-state index is 8.70. The van der Waals surface area contributed by atoms with Crippen molar-refractivity contribution in [3.05, 3.63) is 24.8 Å². The lowest BCUT2D eigenvalue weighted by Crippen LogP contribution is -2.11. The van der Waals surface area contributed by atoms with Gasteiger partial charge < -0.3 is 0 Å². The van der Waals surface area contributed by atoms with Crippen molar-refractivity contribution in [1.82, 2.24) is 29.9 Å². The van der Waals surface area contributed by atoms with E-state index in [1.807, 2.05) is 0 Å². The number of nitrogens with one attached hydrogen (secondary N) is 1. The number of H-pyrrole nitrogens is 1. The van der Waals surface area contributed by atoms with E-state index in [4.69, 9.17) is 14.4 Å². The molecule has 0 fully saturated rings. The number of hydrogen-bond acceptors (Lipinski definition) is 5. The van der Waals surface area contributed by atoms with Crippen molar-refractivity contribution in [3.8, 4) is 0 Å². The molecule has 0 bridgehead atoms. The molecule has 0 aliphatic rings. The van der Waals surface area contributed by atoms with E-state index in [0.717, 1.165) is 12.2 Å². The Morgan fingerprint density at radius 1 is 1.53 bits per heavy atom. The number of hydrogen-bond donors (Lipinski definition) is 3. The van der Waals surface area contributed by atoms with Gasteiger partial charge in [-0.25, -0.2) is 14.6 Å². The van der Waals surface area contributed by atoms with Crippen LogP contribution in [0.2, 0.25) is 0 Å². The molecule has 0 radical (unpaired) electrons. The first-order valence-electron chi connectivity index (χ1n) is 4.69. The van der Waals surface area contributed by atoms with Crippen molar-refractivity contribution in [1.29, 1.82) is 0 Å². The molecular weight excluding hydrogens is 247 g/mol. The molecule has 2 heterocycles. The van der Waals surface area contributed by atoms with Crippen LogP contribution < -0.4 is 0 Å². The molecule has 1 atom stereocenters. The number of aromatic amines is 1.